The van der Waals surface area contributed by atoms with Gasteiger partial charge in [0.1, 0.15) is 11.1 Å². The monoisotopic (exact) mass is 159 g/mol. The molecule has 1 aromatic heterocycles. The van der Waals surface area contributed by atoms with Crippen LogP contribution in [0.5, 0.6) is 0 Å². The SMILES string of the molecule is Cc1coc(C(C)(C)Cl)n1. The van der Waals surface area contributed by atoms with Crippen LogP contribution in [0.15, 0.2) is 10.7 Å². The van der Waals surface area contributed by atoms with E-state index in [1.807, 2.05) is 20.8 Å². The van der Waals surface area contributed by atoms with Crippen LogP contribution in [0.4, 0.5) is 0 Å². The van der Waals surface area contributed by atoms with Crippen LogP contribution < -0.4 is 0 Å². The fraction of sp³-hybridized carbons (Fsp3) is 0.571. The molecule has 0 fully saturated rings. The van der Waals surface area contributed by atoms with Crippen LogP contribution in [-0.2, 0) is 4.87 Å². The summed E-state index contributed by atoms with van der Waals surface area (Å²) < 4.78 is 5.09. The zero-order valence-corrected chi connectivity index (χ0v) is 7.07. The zero-order chi connectivity index (χ0) is 7.78. The lowest BCUT2D eigenvalue weighted by atomic mass is 10.2. The topological polar surface area (TPSA) is 26.0 Å². The van der Waals surface area contributed by atoms with Crippen molar-refractivity contribution in [1.29, 1.82) is 0 Å². The van der Waals surface area contributed by atoms with Gasteiger partial charge in [0.05, 0.1) is 5.69 Å². The zero-order valence-electron chi connectivity index (χ0n) is 6.31. The molecule has 2 nitrogen and oxygen atoms in total. The minimum absolute atomic E-state index is 0.492. The fourth-order valence-corrected chi connectivity index (χ4v) is 0.714. The molecule has 0 aliphatic rings. The van der Waals surface area contributed by atoms with Crippen molar-refractivity contribution in [1.82, 2.24) is 4.98 Å². The molecule has 0 aliphatic carbocycles. The maximum atomic E-state index is 5.92. The van der Waals surface area contributed by atoms with E-state index in [1.165, 1.54) is 0 Å². The Morgan fingerprint density at radius 3 is 2.40 bits per heavy atom. The number of aromatic nitrogens is 1. The molecule has 0 aromatic carbocycles. The quantitative estimate of drug-likeness (QED) is 0.589. The summed E-state index contributed by atoms with van der Waals surface area (Å²) in [7, 11) is 0. The van der Waals surface area contributed by atoms with E-state index >= 15 is 0 Å². The summed E-state index contributed by atoms with van der Waals surface area (Å²) in [6.45, 7) is 5.56. The molecule has 0 bridgehead atoms. The molecule has 0 aliphatic heterocycles. The third-order valence-corrected chi connectivity index (χ3v) is 1.29. The van der Waals surface area contributed by atoms with Crippen LogP contribution >= 0.6 is 11.6 Å². The Labute approximate surface area is 65.2 Å². The first kappa shape index (κ1) is 7.61. The van der Waals surface area contributed by atoms with Crippen LogP contribution in [0.2, 0.25) is 0 Å². The van der Waals surface area contributed by atoms with E-state index in [9.17, 15) is 0 Å². The number of hydrogen-bond acceptors (Lipinski definition) is 2. The molecule has 56 valence electrons. The van der Waals surface area contributed by atoms with Crippen molar-refractivity contribution in [3.8, 4) is 0 Å². The van der Waals surface area contributed by atoms with E-state index in [1.54, 1.807) is 6.26 Å². The third-order valence-electron chi connectivity index (χ3n) is 1.13. The molecule has 0 saturated carbocycles. The number of oxazole rings is 1. The van der Waals surface area contributed by atoms with E-state index in [0.717, 1.165) is 5.69 Å². The van der Waals surface area contributed by atoms with E-state index < -0.39 is 4.87 Å². The van der Waals surface area contributed by atoms with Crippen LogP contribution in [0.25, 0.3) is 0 Å². The Hall–Kier alpha value is -0.500. The second-order valence-corrected chi connectivity index (χ2v) is 3.71. The molecule has 0 atom stereocenters. The van der Waals surface area contributed by atoms with E-state index in [2.05, 4.69) is 4.98 Å². The summed E-state index contributed by atoms with van der Waals surface area (Å²) in [5.74, 6) is 0.576. The van der Waals surface area contributed by atoms with Gasteiger partial charge in [0.2, 0.25) is 5.89 Å². The van der Waals surface area contributed by atoms with E-state index in [-0.39, 0.29) is 0 Å². The summed E-state index contributed by atoms with van der Waals surface area (Å²) in [5, 5.41) is 0. The molecule has 0 radical (unpaired) electrons. The van der Waals surface area contributed by atoms with Crippen molar-refractivity contribution in [2.45, 2.75) is 25.6 Å². The predicted molar refractivity (Wildman–Crippen MR) is 40.1 cm³/mol. The molecule has 10 heavy (non-hydrogen) atoms. The summed E-state index contributed by atoms with van der Waals surface area (Å²) in [5.41, 5.74) is 0.865. The third kappa shape index (κ3) is 1.51. The summed E-state index contributed by atoms with van der Waals surface area (Å²) in [4.78, 5) is 3.59. The Morgan fingerprint density at radius 2 is 2.20 bits per heavy atom. The van der Waals surface area contributed by atoms with Gasteiger partial charge in [0.25, 0.3) is 0 Å². The minimum Gasteiger partial charge on any atom is -0.447 e. The van der Waals surface area contributed by atoms with Gasteiger partial charge in [0, 0.05) is 0 Å². The molecular formula is C7H10ClNO. The number of hydrogen-bond donors (Lipinski definition) is 0. The van der Waals surface area contributed by atoms with Gasteiger partial charge in [-0.25, -0.2) is 4.98 Å². The first-order valence-corrected chi connectivity index (χ1v) is 3.49. The van der Waals surface area contributed by atoms with Gasteiger partial charge in [-0.2, -0.15) is 0 Å². The normalized spacial score (nSPS) is 12.0. The number of aryl methyl sites for hydroxylation is 1. The molecule has 0 amide bonds. The van der Waals surface area contributed by atoms with Crippen LogP contribution in [0.3, 0.4) is 0 Å². The standard InChI is InChI=1S/C7H10ClNO/c1-5-4-10-6(9-5)7(2,3)8/h4H,1-3H3. The van der Waals surface area contributed by atoms with Crippen molar-refractivity contribution < 1.29 is 4.42 Å². The van der Waals surface area contributed by atoms with E-state index in [0.29, 0.717) is 5.89 Å². The first-order valence-electron chi connectivity index (χ1n) is 3.11. The van der Waals surface area contributed by atoms with Crippen molar-refractivity contribution in [3.05, 3.63) is 17.8 Å². The fourth-order valence-electron chi connectivity index (χ4n) is 0.627. The average molecular weight is 160 g/mol. The van der Waals surface area contributed by atoms with Crippen LogP contribution in [0.1, 0.15) is 25.4 Å². The number of nitrogens with zero attached hydrogens (tertiary/aromatic N) is 1. The molecule has 0 N–H and O–H groups in total. The molecule has 1 aromatic rings. The molecule has 0 unspecified atom stereocenters. The van der Waals surface area contributed by atoms with Gasteiger partial charge in [-0.05, 0) is 20.8 Å². The summed E-state index contributed by atoms with van der Waals surface area (Å²) in [6, 6.07) is 0. The number of alkyl halides is 1. The molecule has 1 rings (SSSR count). The second-order valence-electron chi connectivity index (χ2n) is 2.77. The smallest absolute Gasteiger partial charge is 0.214 e. The van der Waals surface area contributed by atoms with Gasteiger partial charge in [-0.3, -0.25) is 0 Å². The highest BCUT2D eigenvalue weighted by Gasteiger charge is 2.21. The Morgan fingerprint density at radius 1 is 1.60 bits per heavy atom. The lowest BCUT2D eigenvalue weighted by molar-refractivity contribution is 0.447. The highest BCUT2D eigenvalue weighted by Crippen LogP contribution is 2.26. The second kappa shape index (κ2) is 2.27. The van der Waals surface area contributed by atoms with Crippen molar-refractivity contribution in [2.24, 2.45) is 0 Å². The highest BCUT2D eigenvalue weighted by atomic mass is 35.5. The molecule has 1 heterocycles. The Bertz CT molecular complexity index is 224. The maximum absolute atomic E-state index is 5.92. The van der Waals surface area contributed by atoms with Gasteiger partial charge < -0.3 is 4.42 Å². The number of halogens is 1. The van der Waals surface area contributed by atoms with Gasteiger partial charge in [-0.15, -0.1) is 11.6 Å². The van der Waals surface area contributed by atoms with Crippen molar-refractivity contribution in [3.63, 3.8) is 0 Å². The summed E-state index contributed by atoms with van der Waals surface area (Å²) >= 11 is 5.92. The van der Waals surface area contributed by atoms with Crippen molar-refractivity contribution in [2.75, 3.05) is 0 Å². The van der Waals surface area contributed by atoms with Gasteiger partial charge in [-0.1, -0.05) is 0 Å². The van der Waals surface area contributed by atoms with Crippen LogP contribution in [0, 0.1) is 6.92 Å². The number of rotatable bonds is 1. The van der Waals surface area contributed by atoms with E-state index in [4.69, 9.17) is 16.0 Å². The molecular weight excluding hydrogens is 150 g/mol. The highest BCUT2D eigenvalue weighted by molar-refractivity contribution is 6.23. The molecule has 0 saturated heterocycles. The van der Waals surface area contributed by atoms with Gasteiger partial charge in [0.15, 0.2) is 0 Å². The largest absolute Gasteiger partial charge is 0.447 e. The van der Waals surface area contributed by atoms with Crippen LogP contribution in [-0.4, -0.2) is 4.98 Å². The molecule has 0 spiro atoms. The average Bonchev–Trinajstić information content (AvgIpc) is 2.11. The maximum Gasteiger partial charge on any atom is 0.214 e. The molecule has 3 heteroatoms. The Balaban J connectivity index is 2.96. The van der Waals surface area contributed by atoms with Crippen molar-refractivity contribution >= 4 is 11.6 Å². The minimum atomic E-state index is -0.492. The van der Waals surface area contributed by atoms with Gasteiger partial charge >= 0.3 is 0 Å². The Kier molecular flexibility index (Phi) is 1.73. The summed E-state index contributed by atoms with van der Waals surface area (Å²) in [6.07, 6.45) is 1.60. The first-order chi connectivity index (χ1) is 4.50. The lowest BCUT2D eigenvalue weighted by Crippen LogP contribution is -2.07. The predicted octanol–water partition coefficient (Wildman–Crippen LogP) is 2.46. The lowest BCUT2D eigenvalue weighted by Gasteiger charge is -2.08.